The summed E-state index contributed by atoms with van der Waals surface area (Å²) in [6.45, 7) is 0.565. The SMILES string of the molecule is C.[2H]C([2H])(CC1CCN(c2ccn3c(n2)nc2ccccc23)CC1)OS(=O)(=O)c1ccc(C)cc1.[2H]C([2H])(O)CC1CCN(c2ccn3c(n2)nc2ccccc23)CC1. The van der Waals surface area contributed by atoms with Crippen molar-refractivity contribution in [2.24, 2.45) is 11.8 Å². The number of aliphatic hydroxyl groups is 1. The summed E-state index contributed by atoms with van der Waals surface area (Å²) in [5.74, 6) is 3.32. The van der Waals surface area contributed by atoms with Crippen LogP contribution < -0.4 is 9.80 Å². The van der Waals surface area contributed by atoms with Gasteiger partial charge in [0.1, 0.15) is 11.6 Å². The molecule has 12 nitrogen and oxygen atoms in total. The zero-order valence-corrected chi connectivity index (χ0v) is 30.9. The Morgan fingerprint density at radius 1 is 0.691 bits per heavy atom. The fourth-order valence-electron chi connectivity index (χ4n) is 7.27. The Balaban J connectivity index is 0.000000186. The minimum Gasteiger partial charge on any atom is -0.396 e. The van der Waals surface area contributed by atoms with E-state index in [1.54, 1.807) is 12.1 Å². The third-order valence-electron chi connectivity index (χ3n) is 10.4. The molecule has 0 bridgehead atoms. The first-order valence-electron chi connectivity index (χ1n) is 20.4. The van der Waals surface area contributed by atoms with Crippen LogP contribution in [0.2, 0.25) is 0 Å². The van der Waals surface area contributed by atoms with Crippen molar-refractivity contribution in [2.75, 3.05) is 49.1 Å². The Kier molecular flexibility index (Phi) is 10.1. The van der Waals surface area contributed by atoms with Gasteiger partial charge in [-0.15, -0.1) is 0 Å². The Morgan fingerprint density at radius 3 is 1.65 bits per heavy atom. The Hall–Kier alpha value is -5.11. The van der Waals surface area contributed by atoms with Crippen LogP contribution in [0, 0.1) is 18.8 Å². The normalized spacial score (nSPS) is 17.3. The number of anilines is 2. The van der Waals surface area contributed by atoms with Gasteiger partial charge in [0.2, 0.25) is 11.6 Å². The third kappa shape index (κ3) is 8.43. The number of para-hydroxylation sites is 4. The van der Waals surface area contributed by atoms with Gasteiger partial charge in [-0.1, -0.05) is 49.4 Å². The zero-order valence-electron chi connectivity index (χ0n) is 34.1. The minimum absolute atomic E-state index is 0. The lowest BCUT2D eigenvalue weighted by atomic mass is 9.94. The molecule has 55 heavy (non-hydrogen) atoms. The summed E-state index contributed by atoms with van der Waals surface area (Å²) >= 11 is 0. The van der Waals surface area contributed by atoms with Gasteiger partial charge in [0, 0.05) is 45.1 Å². The minimum atomic E-state index is -4.18. The highest BCUT2D eigenvalue weighted by Gasteiger charge is 2.23. The molecule has 288 valence electrons. The second-order valence-corrected chi connectivity index (χ2v) is 15.6. The average molecular weight is 767 g/mol. The van der Waals surface area contributed by atoms with Gasteiger partial charge in [-0.3, -0.25) is 13.0 Å². The molecule has 2 fully saturated rings. The number of hydrogen-bond acceptors (Lipinski definition) is 10. The van der Waals surface area contributed by atoms with E-state index < -0.39 is 23.2 Å². The molecular weight excluding hydrogens is 713 g/mol. The molecular formula is C42H50N8O4S. The Morgan fingerprint density at radius 2 is 1.16 bits per heavy atom. The van der Waals surface area contributed by atoms with Crippen LogP contribution in [0.1, 0.15) is 57.0 Å². The maximum atomic E-state index is 12.5. The van der Waals surface area contributed by atoms with Gasteiger partial charge >= 0.3 is 0 Å². The highest BCUT2D eigenvalue weighted by atomic mass is 32.2. The van der Waals surface area contributed by atoms with Crippen molar-refractivity contribution >= 4 is 55.4 Å². The van der Waals surface area contributed by atoms with Crippen LogP contribution in [0.3, 0.4) is 0 Å². The molecule has 7 aromatic rings. The number of fused-ring (bicyclic) bond motifs is 6. The van der Waals surface area contributed by atoms with Crippen molar-refractivity contribution < 1.29 is 23.2 Å². The number of rotatable bonds is 9. The van der Waals surface area contributed by atoms with Crippen LogP contribution in [0.5, 0.6) is 0 Å². The van der Waals surface area contributed by atoms with Crippen LogP contribution in [0.25, 0.3) is 33.6 Å². The number of aryl methyl sites for hydroxylation is 1. The number of nitrogens with zero attached hydrogens (tertiary/aromatic N) is 8. The van der Waals surface area contributed by atoms with E-state index in [1.807, 2.05) is 88.8 Å². The molecule has 2 aliphatic heterocycles. The van der Waals surface area contributed by atoms with E-state index in [1.165, 1.54) is 12.1 Å². The first kappa shape index (κ1) is 33.2. The summed E-state index contributed by atoms with van der Waals surface area (Å²) in [4.78, 5) is 22.9. The molecule has 4 aromatic heterocycles. The maximum absolute atomic E-state index is 12.5. The van der Waals surface area contributed by atoms with Crippen LogP contribution in [0.4, 0.5) is 11.6 Å². The largest absolute Gasteiger partial charge is 0.396 e. The van der Waals surface area contributed by atoms with Crippen molar-refractivity contribution in [3.05, 3.63) is 103 Å². The second-order valence-electron chi connectivity index (χ2n) is 14.0. The van der Waals surface area contributed by atoms with Crippen molar-refractivity contribution in [3.63, 3.8) is 0 Å². The third-order valence-corrected chi connectivity index (χ3v) is 11.6. The molecule has 6 heterocycles. The number of benzene rings is 3. The molecule has 2 aliphatic rings. The summed E-state index contributed by atoms with van der Waals surface area (Å²) in [7, 11) is -4.18. The predicted octanol–water partition coefficient (Wildman–Crippen LogP) is 7.32. The van der Waals surface area contributed by atoms with Crippen LogP contribution in [-0.4, -0.2) is 81.6 Å². The molecule has 0 unspecified atom stereocenters. The van der Waals surface area contributed by atoms with Gasteiger partial charge in [0.25, 0.3) is 10.1 Å². The summed E-state index contributed by atoms with van der Waals surface area (Å²) in [5.41, 5.74) is 4.82. The van der Waals surface area contributed by atoms with Crippen LogP contribution in [0.15, 0.2) is 102 Å². The van der Waals surface area contributed by atoms with Crippen LogP contribution in [-0.2, 0) is 14.3 Å². The molecule has 0 spiro atoms. The maximum Gasteiger partial charge on any atom is 0.296 e. The Bertz CT molecular complexity index is 2650. The van der Waals surface area contributed by atoms with Gasteiger partial charge < -0.3 is 14.9 Å². The number of hydrogen-bond donors (Lipinski definition) is 1. The predicted molar refractivity (Wildman–Crippen MR) is 218 cm³/mol. The highest BCUT2D eigenvalue weighted by Crippen LogP contribution is 2.27. The lowest BCUT2D eigenvalue weighted by Crippen LogP contribution is -2.34. The zero-order chi connectivity index (χ0) is 40.7. The quantitative estimate of drug-likeness (QED) is 0.149. The molecule has 3 aromatic carbocycles. The molecule has 1 N–H and O–H groups in total. The molecule has 0 amide bonds. The Labute approximate surface area is 328 Å². The van der Waals surface area contributed by atoms with E-state index in [4.69, 9.17) is 19.6 Å². The standard InChI is InChI=1S/C24H26N4O3S.C17H20N4O.CH4/c1-18-6-8-20(9-7-18)32(29,30)31-17-13-19-10-14-27(15-11-19)23-12-16-28-22-5-3-2-4-21(22)25-24(28)26-23;22-12-8-13-5-9-20(10-6-13)16-7-11-21-15-4-2-1-3-14(15)18-17(21)19-16;/h2-9,12,16,19H,10-11,13-15,17H2,1H3;1-4,7,11,13,22H,5-6,8-10,12H2;1H4/i17D2;12D2;. The molecule has 2 saturated heterocycles. The number of aromatic nitrogens is 6. The van der Waals surface area contributed by atoms with Crippen molar-refractivity contribution in [1.29, 1.82) is 0 Å². The summed E-state index contributed by atoms with van der Waals surface area (Å²) < 4.78 is 65.0. The molecule has 9 rings (SSSR count). The molecule has 0 atom stereocenters. The first-order chi connectivity index (χ1) is 27.7. The van der Waals surface area contributed by atoms with Gasteiger partial charge in [0.15, 0.2) is 0 Å². The van der Waals surface area contributed by atoms with Gasteiger partial charge in [-0.05, 0) is 106 Å². The first-order valence-corrected chi connectivity index (χ1v) is 19.8. The lowest BCUT2D eigenvalue weighted by molar-refractivity contribution is 0.240. The van der Waals surface area contributed by atoms with Gasteiger partial charge in [0.05, 0.1) is 39.0 Å². The van der Waals surface area contributed by atoms with E-state index in [0.717, 1.165) is 78.0 Å². The summed E-state index contributed by atoms with van der Waals surface area (Å²) in [5, 5.41) is 9.34. The van der Waals surface area contributed by atoms with Crippen molar-refractivity contribution in [3.8, 4) is 0 Å². The van der Waals surface area contributed by atoms with E-state index in [0.29, 0.717) is 24.6 Å². The lowest BCUT2D eigenvalue weighted by Gasteiger charge is -2.32. The number of piperidine rings is 2. The smallest absolute Gasteiger partial charge is 0.296 e. The average Bonchev–Trinajstić information content (AvgIpc) is 3.75. The molecule has 0 saturated carbocycles. The second kappa shape index (κ2) is 16.7. The van der Waals surface area contributed by atoms with Crippen molar-refractivity contribution in [2.45, 2.75) is 57.8 Å². The van der Waals surface area contributed by atoms with E-state index in [2.05, 4.69) is 19.8 Å². The monoisotopic (exact) mass is 766 g/mol. The fourth-order valence-corrected chi connectivity index (χ4v) is 8.06. The van der Waals surface area contributed by atoms with Crippen molar-refractivity contribution in [1.82, 2.24) is 28.7 Å². The van der Waals surface area contributed by atoms with E-state index in [9.17, 15) is 13.5 Å². The van der Waals surface area contributed by atoms with Crippen LogP contribution >= 0.6 is 0 Å². The number of imidazole rings is 2. The van der Waals surface area contributed by atoms with E-state index in [-0.39, 0.29) is 37.0 Å². The topological polar surface area (TPSA) is 130 Å². The van der Waals surface area contributed by atoms with Gasteiger partial charge in [-0.2, -0.15) is 18.4 Å². The fraction of sp³-hybridized carbons (Fsp3) is 0.381. The highest BCUT2D eigenvalue weighted by molar-refractivity contribution is 7.86. The molecule has 0 aliphatic carbocycles. The van der Waals surface area contributed by atoms with E-state index >= 15 is 0 Å². The van der Waals surface area contributed by atoms with Gasteiger partial charge in [-0.25, -0.2) is 9.97 Å². The molecule has 13 heteroatoms. The summed E-state index contributed by atoms with van der Waals surface area (Å²) in [6, 6.07) is 26.1. The summed E-state index contributed by atoms with van der Waals surface area (Å²) in [6.07, 6.45) is 7.37. The molecule has 0 radical (unpaired) electrons.